The van der Waals surface area contributed by atoms with Crippen molar-refractivity contribution in [1.82, 2.24) is 14.6 Å². The zero-order valence-electron chi connectivity index (χ0n) is 21.5. The summed E-state index contributed by atoms with van der Waals surface area (Å²) < 4.78 is 48.0. The number of carboxylic acid groups (broad SMARTS) is 1. The number of aliphatic carboxylic acids is 1. The summed E-state index contributed by atoms with van der Waals surface area (Å²) in [4.78, 5) is 33.7. The van der Waals surface area contributed by atoms with Crippen LogP contribution in [0.25, 0.3) is 0 Å². The summed E-state index contributed by atoms with van der Waals surface area (Å²) in [5.74, 6) is -2.47. The molecule has 1 saturated carbocycles. The van der Waals surface area contributed by atoms with E-state index in [2.05, 4.69) is 26.2 Å². The van der Waals surface area contributed by atoms with E-state index >= 15 is 0 Å². The third-order valence-electron chi connectivity index (χ3n) is 7.57. The van der Waals surface area contributed by atoms with E-state index in [1.807, 2.05) is 0 Å². The van der Waals surface area contributed by atoms with Crippen molar-refractivity contribution >= 4 is 55.1 Å². The van der Waals surface area contributed by atoms with Crippen LogP contribution in [0.1, 0.15) is 49.2 Å². The molecule has 3 heterocycles. The molecule has 0 bridgehead atoms. The number of carbonyl (C=O) groups excluding carboxylic acids is 1. The van der Waals surface area contributed by atoms with Crippen molar-refractivity contribution in [2.75, 3.05) is 19.7 Å². The number of aliphatic imine (C=N–C) groups is 1. The molecule has 0 spiro atoms. The van der Waals surface area contributed by atoms with Crippen LogP contribution in [-0.2, 0) is 24.3 Å². The van der Waals surface area contributed by atoms with Gasteiger partial charge in [-0.1, -0.05) is 12.1 Å². The number of nitrogens with one attached hydrogen (secondary N) is 1. The van der Waals surface area contributed by atoms with Crippen molar-refractivity contribution in [2.24, 2.45) is 16.8 Å². The Labute approximate surface area is 243 Å². The third-order valence-corrected chi connectivity index (χ3v) is 11.5. The summed E-state index contributed by atoms with van der Waals surface area (Å²) in [6, 6.07) is 3.67. The van der Waals surface area contributed by atoms with Crippen molar-refractivity contribution in [3.05, 3.63) is 61.9 Å². The molecule has 14 heteroatoms. The van der Waals surface area contributed by atoms with Gasteiger partial charge in [0.05, 0.1) is 27.8 Å². The summed E-state index contributed by atoms with van der Waals surface area (Å²) >= 11 is 4.68. The highest BCUT2D eigenvalue weighted by molar-refractivity contribution is 9.10. The number of hydrogen-bond donors (Lipinski definition) is 2. The first-order valence-corrected chi connectivity index (χ1v) is 16.1. The number of rotatable bonds is 8. The molecule has 1 saturated heterocycles. The lowest BCUT2D eigenvalue weighted by molar-refractivity contribution is -0.144. The lowest BCUT2D eigenvalue weighted by atomic mass is 9.85. The quantitative estimate of drug-likeness (QED) is 0.409. The predicted octanol–water partition coefficient (Wildman–Crippen LogP) is 3.86. The van der Waals surface area contributed by atoms with Gasteiger partial charge in [-0.25, -0.2) is 26.9 Å². The van der Waals surface area contributed by atoms with Gasteiger partial charge in [0.2, 0.25) is 10.0 Å². The highest BCUT2D eigenvalue weighted by atomic mass is 79.9. The van der Waals surface area contributed by atoms with Crippen LogP contribution in [0.5, 0.6) is 0 Å². The largest absolute Gasteiger partial charge is 0.481 e. The SMILES string of the molecule is CCOC(=O)C1=C(C2CCN(S(=O)(=O)[C@H]3C[C@@H](C(=O)O)C3)CC2)NC(c2nccs2)=NC1c1cccc(F)c1Br. The normalized spacial score (nSPS) is 24.2. The zero-order valence-corrected chi connectivity index (χ0v) is 24.8. The van der Waals surface area contributed by atoms with Crippen molar-refractivity contribution in [1.29, 1.82) is 0 Å². The molecule has 1 aromatic carbocycles. The predicted molar refractivity (Wildman–Crippen MR) is 150 cm³/mol. The van der Waals surface area contributed by atoms with Gasteiger partial charge in [0, 0.05) is 36.3 Å². The Kier molecular flexibility index (Phi) is 8.41. The standard InChI is InChI=1S/C26H28BrFN4O6S2/c1-2-38-26(35)19-21(14-6-9-32(10-7-14)40(36,37)16-12-15(13-16)25(33)34)30-23(24-29-8-11-39-24)31-22(19)17-4-3-5-18(28)20(17)27/h3-5,8,11,14-16,22H,2,6-7,9-10,12-13H2,1H3,(H,30,31)(H,33,34)/t15-,16+,22?. The van der Waals surface area contributed by atoms with Crippen LogP contribution in [0.2, 0.25) is 0 Å². The van der Waals surface area contributed by atoms with Gasteiger partial charge in [-0.3, -0.25) is 9.79 Å². The van der Waals surface area contributed by atoms with E-state index in [4.69, 9.17) is 14.8 Å². The minimum Gasteiger partial charge on any atom is -0.481 e. The maximum atomic E-state index is 14.6. The van der Waals surface area contributed by atoms with Gasteiger partial charge < -0.3 is 15.2 Å². The van der Waals surface area contributed by atoms with Crippen molar-refractivity contribution < 1.29 is 32.2 Å². The number of allylic oxidation sites excluding steroid dienone is 1. The average Bonchev–Trinajstić information content (AvgIpc) is 3.44. The average molecular weight is 656 g/mol. The Balaban J connectivity index is 1.48. The Morgan fingerprint density at radius 2 is 2.00 bits per heavy atom. The van der Waals surface area contributed by atoms with Crippen LogP contribution in [0.3, 0.4) is 0 Å². The molecule has 2 aromatic rings. The molecule has 40 heavy (non-hydrogen) atoms. The van der Waals surface area contributed by atoms with Crippen LogP contribution in [-0.4, -0.2) is 65.5 Å². The summed E-state index contributed by atoms with van der Waals surface area (Å²) in [6.45, 7) is 2.27. The molecule has 1 aromatic heterocycles. The maximum absolute atomic E-state index is 14.6. The molecule has 2 aliphatic heterocycles. The molecule has 1 unspecified atom stereocenters. The number of amidine groups is 1. The molecular formula is C26H28BrFN4O6S2. The molecule has 214 valence electrons. The number of esters is 1. The van der Waals surface area contributed by atoms with Crippen LogP contribution < -0.4 is 5.32 Å². The highest BCUT2D eigenvalue weighted by Gasteiger charge is 2.46. The number of nitrogens with zero attached hydrogens (tertiary/aromatic N) is 3. The zero-order chi connectivity index (χ0) is 28.6. The first kappa shape index (κ1) is 28.8. The molecule has 0 amide bonds. The number of sulfonamides is 1. The number of ether oxygens (including phenoxy) is 1. The highest BCUT2D eigenvalue weighted by Crippen LogP contribution is 2.42. The number of carboxylic acids is 1. The number of carbonyl (C=O) groups is 2. The summed E-state index contributed by atoms with van der Waals surface area (Å²) in [7, 11) is -3.63. The molecule has 3 aliphatic rings. The fraction of sp³-hybridized carbons (Fsp3) is 0.462. The molecule has 2 N–H and O–H groups in total. The van der Waals surface area contributed by atoms with Gasteiger partial charge >= 0.3 is 11.9 Å². The van der Waals surface area contributed by atoms with Crippen LogP contribution in [0.15, 0.2) is 50.5 Å². The van der Waals surface area contributed by atoms with Gasteiger partial charge in [-0.15, -0.1) is 11.3 Å². The number of hydrogen-bond acceptors (Lipinski definition) is 9. The molecule has 0 radical (unpaired) electrons. The van der Waals surface area contributed by atoms with Gasteiger partial charge in [0.1, 0.15) is 11.9 Å². The smallest absolute Gasteiger partial charge is 0.338 e. The number of benzene rings is 1. The van der Waals surface area contributed by atoms with Crippen LogP contribution >= 0.6 is 27.3 Å². The van der Waals surface area contributed by atoms with E-state index < -0.39 is 45.0 Å². The Morgan fingerprint density at radius 3 is 2.62 bits per heavy atom. The Morgan fingerprint density at radius 1 is 1.27 bits per heavy atom. The van der Waals surface area contributed by atoms with Crippen molar-refractivity contribution in [3.8, 4) is 0 Å². The Hall–Kier alpha value is -2.68. The third kappa shape index (κ3) is 5.46. The second kappa shape index (κ2) is 11.7. The maximum Gasteiger partial charge on any atom is 0.338 e. The molecule has 1 aliphatic carbocycles. The monoisotopic (exact) mass is 654 g/mol. The van der Waals surface area contributed by atoms with Gasteiger partial charge in [-0.05, 0) is 60.2 Å². The van der Waals surface area contributed by atoms with Crippen molar-refractivity contribution in [3.63, 3.8) is 0 Å². The summed E-state index contributed by atoms with van der Waals surface area (Å²) in [5.41, 5.74) is 1.26. The van der Waals surface area contributed by atoms with Crippen molar-refractivity contribution in [2.45, 2.75) is 43.9 Å². The molecule has 2 fully saturated rings. The lowest BCUT2D eigenvalue weighted by Gasteiger charge is -2.40. The van der Waals surface area contributed by atoms with Crippen LogP contribution in [0.4, 0.5) is 4.39 Å². The fourth-order valence-electron chi connectivity index (χ4n) is 5.35. The molecular weight excluding hydrogens is 627 g/mol. The number of thiazole rings is 1. The second-order valence-electron chi connectivity index (χ2n) is 9.88. The van der Waals surface area contributed by atoms with E-state index in [-0.39, 0.29) is 48.5 Å². The second-order valence-corrected chi connectivity index (χ2v) is 13.8. The minimum absolute atomic E-state index is 0.120. The Bertz CT molecular complexity index is 1470. The van der Waals surface area contributed by atoms with E-state index in [9.17, 15) is 22.4 Å². The van der Waals surface area contributed by atoms with Gasteiger partial charge in [-0.2, -0.15) is 0 Å². The van der Waals surface area contributed by atoms with E-state index in [1.54, 1.807) is 30.6 Å². The van der Waals surface area contributed by atoms with Gasteiger partial charge in [0.25, 0.3) is 0 Å². The minimum atomic E-state index is -3.63. The summed E-state index contributed by atoms with van der Waals surface area (Å²) in [5, 5.41) is 14.2. The van der Waals surface area contributed by atoms with E-state index in [0.29, 0.717) is 34.9 Å². The fourth-order valence-corrected chi connectivity index (χ4v) is 8.51. The lowest BCUT2D eigenvalue weighted by Crippen LogP contribution is -2.50. The number of aromatic nitrogens is 1. The molecule has 1 atom stereocenters. The first-order valence-electron chi connectivity index (χ1n) is 12.9. The summed E-state index contributed by atoms with van der Waals surface area (Å²) in [6.07, 6.45) is 2.72. The molecule has 5 rings (SSSR count). The van der Waals surface area contributed by atoms with E-state index in [1.165, 1.54) is 21.7 Å². The van der Waals surface area contributed by atoms with Crippen LogP contribution in [0, 0.1) is 17.7 Å². The van der Waals surface area contributed by atoms with Gasteiger partial charge in [0.15, 0.2) is 10.8 Å². The number of piperidine rings is 1. The number of halogens is 2. The first-order chi connectivity index (χ1) is 19.1. The topological polar surface area (TPSA) is 138 Å². The molecule has 10 nitrogen and oxygen atoms in total. The van der Waals surface area contributed by atoms with E-state index in [0.717, 1.165) is 0 Å².